The quantitative estimate of drug-likeness (QED) is 0.654. The third-order valence-corrected chi connectivity index (χ3v) is 4.97. The molecule has 0 radical (unpaired) electrons. The van der Waals surface area contributed by atoms with Crippen LogP contribution in [0.2, 0.25) is 0 Å². The van der Waals surface area contributed by atoms with E-state index in [4.69, 9.17) is 5.11 Å². The van der Waals surface area contributed by atoms with Crippen LogP contribution in [0.3, 0.4) is 0 Å². The molecule has 6 nitrogen and oxygen atoms in total. The van der Waals surface area contributed by atoms with Crippen LogP contribution >= 0.6 is 23.1 Å². The van der Waals surface area contributed by atoms with Crippen LogP contribution in [0.5, 0.6) is 0 Å². The fraction of sp³-hybridized carbons (Fsp3) is 0.143. The standard InChI is InChI=1S/C14H10FN3O3S2/c15-9-3-7(4-10-8(9)1-2-22-10)6-16-18-14-17-13(21)11(23-14)5-12(19)20/h1-4,6,11H,5H2,(H,19,20)(H,17,18,21). The molecule has 2 N–H and O–H groups in total. The van der Waals surface area contributed by atoms with Crippen molar-refractivity contribution in [2.75, 3.05) is 0 Å². The molecule has 3 rings (SSSR count). The molecule has 1 aromatic heterocycles. The highest BCUT2D eigenvalue weighted by molar-refractivity contribution is 8.15. The van der Waals surface area contributed by atoms with Crippen molar-refractivity contribution in [3.8, 4) is 0 Å². The van der Waals surface area contributed by atoms with Crippen LogP contribution in [0.1, 0.15) is 12.0 Å². The van der Waals surface area contributed by atoms with Gasteiger partial charge in [-0.1, -0.05) is 11.8 Å². The number of nitrogens with one attached hydrogen (secondary N) is 1. The van der Waals surface area contributed by atoms with Crippen LogP contribution in [0.15, 0.2) is 33.8 Å². The summed E-state index contributed by atoms with van der Waals surface area (Å²) in [6.07, 6.45) is 1.10. The Labute approximate surface area is 138 Å². The van der Waals surface area contributed by atoms with E-state index in [9.17, 15) is 14.0 Å². The van der Waals surface area contributed by atoms with Gasteiger partial charge in [-0.15, -0.1) is 16.4 Å². The Morgan fingerprint density at radius 2 is 2.30 bits per heavy atom. The largest absolute Gasteiger partial charge is 0.481 e. The molecule has 1 fully saturated rings. The molecule has 0 bridgehead atoms. The molecule has 1 aromatic carbocycles. The number of benzene rings is 1. The third-order valence-electron chi connectivity index (χ3n) is 3.04. The molecule has 1 aliphatic rings. The van der Waals surface area contributed by atoms with Crippen molar-refractivity contribution in [1.29, 1.82) is 0 Å². The molecule has 0 saturated carbocycles. The molecule has 1 amide bonds. The number of thiophene rings is 1. The zero-order chi connectivity index (χ0) is 16.4. The number of thioether (sulfide) groups is 1. The summed E-state index contributed by atoms with van der Waals surface area (Å²) in [5.41, 5.74) is 0.554. The number of amidine groups is 1. The van der Waals surface area contributed by atoms with Gasteiger partial charge in [-0.05, 0) is 29.1 Å². The number of carboxylic acid groups (broad SMARTS) is 1. The summed E-state index contributed by atoms with van der Waals surface area (Å²) < 4.78 is 14.6. The molecule has 1 saturated heterocycles. The topological polar surface area (TPSA) is 91.1 Å². The van der Waals surface area contributed by atoms with Crippen LogP contribution in [0, 0.1) is 5.82 Å². The minimum absolute atomic E-state index is 0.232. The maximum atomic E-state index is 13.8. The zero-order valence-corrected chi connectivity index (χ0v) is 13.2. The van der Waals surface area contributed by atoms with Crippen molar-refractivity contribution in [2.24, 2.45) is 10.2 Å². The summed E-state index contributed by atoms with van der Waals surface area (Å²) in [7, 11) is 0. The minimum Gasteiger partial charge on any atom is -0.481 e. The summed E-state index contributed by atoms with van der Waals surface area (Å²) in [6, 6.07) is 4.86. The SMILES string of the molecule is O=C(O)CC1SC(=NN=Cc2cc(F)c3ccsc3c2)NC1=O. The molecule has 1 aliphatic heterocycles. The molecule has 118 valence electrons. The lowest BCUT2D eigenvalue weighted by molar-refractivity contribution is -0.138. The number of halogens is 1. The Kier molecular flexibility index (Phi) is 4.39. The number of carbonyl (C=O) groups is 2. The molecular weight excluding hydrogens is 341 g/mol. The van der Waals surface area contributed by atoms with E-state index in [0.717, 1.165) is 16.5 Å². The van der Waals surface area contributed by atoms with E-state index in [1.807, 2.05) is 5.38 Å². The van der Waals surface area contributed by atoms with E-state index in [2.05, 4.69) is 15.5 Å². The van der Waals surface area contributed by atoms with Gasteiger partial charge in [0.15, 0.2) is 5.17 Å². The third kappa shape index (κ3) is 3.57. The molecule has 0 aliphatic carbocycles. The van der Waals surface area contributed by atoms with Crippen LogP contribution in [0.25, 0.3) is 10.1 Å². The van der Waals surface area contributed by atoms with Crippen molar-refractivity contribution in [3.63, 3.8) is 0 Å². The normalized spacial score (nSPS) is 19.8. The lowest BCUT2D eigenvalue weighted by Crippen LogP contribution is -2.26. The molecule has 2 heterocycles. The average Bonchev–Trinajstić information content (AvgIpc) is 3.06. The van der Waals surface area contributed by atoms with Crippen LogP contribution < -0.4 is 5.32 Å². The first-order valence-electron chi connectivity index (χ1n) is 6.50. The van der Waals surface area contributed by atoms with E-state index < -0.39 is 17.1 Å². The second-order valence-electron chi connectivity index (χ2n) is 4.68. The van der Waals surface area contributed by atoms with E-state index >= 15 is 0 Å². The van der Waals surface area contributed by atoms with Gasteiger partial charge in [-0.25, -0.2) is 4.39 Å². The van der Waals surface area contributed by atoms with Crippen molar-refractivity contribution in [1.82, 2.24) is 5.32 Å². The predicted molar refractivity (Wildman–Crippen MR) is 88.6 cm³/mol. The maximum Gasteiger partial charge on any atom is 0.305 e. The van der Waals surface area contributed by atoms with Crippen LogP contribution in [-0.2, 0) is 9.59 Å². The smallest absolute Gasteiger partial charge is 0.305 e. The average molecular weight is 351 g/mol. The van der Waals surface area contributed by atoms with Gasteiger partial charge in [-0.2, -0.15) is 5.10 Å². The first-order chi connectivity index (χ1) is 11.0. The number of aliphatic carboxylic acids is 1. The number of nitrogens with zero attached hydrogens (tertiary/aromatic N) is 2. The van der Waals surface area contributed by atoms with Crippen molar-refractivity contribution < 1.29 is 19.1 Å². The van der Waals surface area contributed by atoms with Crippen molar-refractivity contribution in [3.05, 3.63) is 35.0 Å². The lowest BCUT2D eigenvalue weighted by atomic mass is 10.2. The fourth-order valence-electron chi connectivity index (χ4n) is 2.01. The number of carboxylic acids is 1. The molecule has 2 aromatic rings. The predicted octanol–water partition coefficient (Wildman–Crippen LogP) is 2.44. The number of fused-ring (bicyclic) bond motifs is 1. The number of carbonyl (C=O) groups excluding carboxylic acids is 1. The Hall–Kier alpha value is -2.26. The Bertz CT molecular complexity index is 847. The first kappa shape index (κ1) is 15.6. The summed E-state index contributed by atoms with van der Waals surface area (Å²) in [4.78, 5) is 22.2. The molecule has 0 spiro atoms. The number of hydrogen-bond acceptors (Lipinski definition) is 6. The molecule has 23 heavy (non-hydrogen) atoms. The summed E-state index contributed by atoms with van der Waals surface area (Å²) >= 11 is 2.44. The molecular formula is C14H10FN3O3S2. The second kappa shape index (κ2) is 6.47. The highest BCUT2D eigenvalue weighted by atomic mass is 32.2. The van der Waals surface area contributed by atoms with Gasteiger partial charge < -0.3 is 10.4 Å². The Morgan fingerprint density at radius 1 is 1.48 bits per heavy atom. The minimum atomic E-state index is -1.05. The van der Waals surface area contributed by atoms with Crippen molar-refractivity contribution in [2.45, 2.75) is 11.7 Å². The summed E-state index contributed by atoms with van der Waals surface area (Å²) in [6.45, 7) is 0. The second-order valence-corrected chi connectivity index (χ2v) is 6.82. The Balaban J connectivity index is 1.72. The summed E-state index contributed by atoms with van der Waals surface area (Å²) in [5, 5.41) is 20.7. The van der Waals surface area contributed by atoms with E-state index in [1.54, 1.807) is 12.1 Å². The maximum absolute atomic E-state index is 13.8. The van der Waals surface area contributed by atoms with E-state index in [1.165, 1.54) is 23.6 Å². The van der Waals surface area contributed by atoms with Gasteiger partial charge in [0.1, 0.15) is 11.1 Å². The number of amides is 1. The fourth-order valence-corrected chi connectivity index (χ4v) is 3.78. The molecule has 9 heteroatoms. The number of rotatable bonds is 4. The van der Waals surface area contributed by atoms with Gasteiger partial charge in [0.2, 0.25) is 5.91 Å². The van der Waals surface area contributed by atoms with Gasteiger partial charge in [0, 0.05) is 10.1 Å². The number of hydrogen-bond donors (Lipinski definition) is 2. The van der Waals surface area contributed by atoms with Crippen LogP contribution in [0.4, 0.5) is 4.39 Å². The summed E-state index contributed by atoms with van der Waals surface area (Å²) in [5.74, 6) is -1.79. The highest BCUT2D eigenvalue weighted by Crippen LogP contribution is 2.25. The first-order valence-corrected chi connectivity index (χ1v) is 8.26. The Morgan fingerprint density at radius 3 is 3.09 bits per heavy atom. The van der Waals surface area contributed by atoms with Crippen LogP contribution in [-0.4, -0.2) is 33.6 Å². The van der Waals surface area contributed by atoms with Gasteiger partial charge in [0.25, 0.3) is 0 Å². The van der Waals surface area contributed by atoms with Gasteiger partial charge in [0.05, 0.1) is 12.6 Å². The molecule has 1 unspecified atom stereocenters. The highest BCUT2D eigenvalue weighted by Gasteiger charge is 2.32. The van der Waals surface area contributed by atoms with Gasteiger partial charge in [-0.3, -0.25) is 9.59 Å². The van der Waals surface area contributed by atoms with E-state index in [0.29, 0.717) is 10.9 Å². The lowest BCUT2D eigenvalue weighted by Gasteiger charge is -1.98. The zero-order valence-electron chi connectivity index (χ0n) is 11.5. The molecule has 1 atom stereocenters. The monoisotopic (exact) mass is 351 g/mol. The van der Waals surface area contributed by atoms with Crippen molar-refractivity contribution >= 4 is 56.4 Å². The van der Waals surface area contributed by atoms with E-state index in [-0.39, 0.29) is 17.4 Å². The van der Waals surface area contributed by atoms with Gasteiger partial charge >= 0.3 is 5.97 Å².